The van der Waals surface area contributed by atoms with Crippen LogP contribution < -0.4 is 15.7 Å². The van der Waals surface area contributed by atoms with Crippen molar-refractivity contribution in [3.05, 3.63) is 81.1 Å². The van der Waals surface area contributed by atoms with Crippen LogP contribution in [0.15, 0.2) is 59.5 Å². The number of nitrogens with zero attached hydrogens (tertiary/aromatic N) is 5. The highest BCUT2D eigenvalue weighted by Gasteiger charge is 2.14. The van der Waals surface area contributed by atoms with Crippen LogP contribution in [0.4, 0.5) is 16.0 Å². The van der Waals surface area contributed by atoms with Gasteiger partial charge < -0.3 is 10.1 Å². The van der Waals surface area contributed by atoms with E-state index in [0.29, 0.717) is 11.8 Å². The molecule has 0 saturated heterocycles. The number of fused-ring (bicyclic) bond motifs is 1. The van der Waals surface area contributed by atoms with Gasteiger partial charge in [0, 0.05) is 38.5 Å². The molecular formula is C20H19FN6O4. The van der Waals surface area contributed by atoms with Crippen LogP contribution in [0.3, 0.4) is 0 Å². The number of para-hydroxylation sites is 2. The van der Waals surface area contributed by atoms with Gasteiger partial charge in [0.2, 0.25) is 11.8 Å². The number of nitro groups is 1. The van der Waals surface area contributed by atoms with E-state index in [2.05, 4.69) is 20.0 Å². The normalized spacial score (nSPS) is 10.3. The lowest BCUT2D eigenvalue weighted by Crippen LogP contribution is -2.21. The molecule has 4 rings (SSSR count). The molecule has 0 amide bonds. The van der Waals surface area contributed by atoms with Gasteiger partial charge in [-0.1, -0.05) is 12.1 Å². The largest absolute Gasteiger partial charge is 0.497 e. The van der Waals surface area contributed by atoms with E-state index in [-0.39, 0.29) is 11.4 Å². The number of halogens is 1. The quantitative estimate of drug-likeness (QED) is 0.394. The Hall–Kier alpha value is -4.28. The van der Waals surface area contributed by atoms with E-state index in [0.717, 1.165) is 23.2 Å². The van der Waals surface area contributed by atoms with Crippen molar-refractivity contribution >= 4 is 22.7 Å². The first-order valence-electron chi connectivity index (χ1n) is 9.03. The Morgan fingerprint density at radius 1 is 1.16 bits per heavy atom. The predicted molar refractivity (Wildman–Crippen MR) is 113 cm³/mol. The first kappa shape index (κ1) is 21.4. The van der Waals surface area contributed by atoms with E-state index < -0.39 is 16.4 Å². The fourth-order valence-corrected chi connectivity index (χ4v) is 2.87. The van der Waals surface area contributed by atoms with Crippen LogP contribution in [0, 0.1) is 15.9 Å². The minimum atomic E-state index is -0.889. The summed E-state index contributed by atoms with van der Waals surface area (Å²) in [6, 6.07) is 12.7. The average Bonchev–Trinajstić information content (AvgIpc) is 3.04. The van der Waals surface area contributed by atoms with E-state index in [1.165, 1.54) is 13.2 Å². The fourth-order valence-electron chi connectivity index (χ4n) is 2.87. The van der Waals surface area contributed by atoms with Crippen LogP contribution in [0.2, 0.25) is 0 Å². The maximum absolute atomic E-state index is 12.8. The van der Waals surface area contributed by atoms with Crippen molar-refractivity contribution in [1.82, 2.24) is 19.1 Å². The molecule has 0 fully saturated rings. The number of aryl methyl sites for hydroxylation is 1. The third kappa shape index (κ3) is 4.34. The van der Waals surface area contributed by atoms with Crippen LogP contribution in [-0.4, -0.2) is 38.2 Å². The van der Waals surface area contributed by atoms with Gasteiger partial charge in [-0.2, -0.15) is 9.37 Å². The summed E-state index contributed by atoms with van der Waals surface area (Å²) in [5.41, 5.74) is 1.03. The van der Waals surface area contributed by atoms with Crippen molar-refractivity contribution in [3.63, 3.8) is 0 Å². The minimum absolute atomic E-state index is 0.123. The summed E-state index contributed by atoms with van der Waals surface area (Å²) in [6.45, 7) is 0. The number of methoxy groups -OCH3 is 1. The molecular weight excluding hydrogens is 407 g/mol. The summed E-state index contributed by atoms with van der Waals surface area (Å²) in [5.74, 6) is 0.413. The van der Waals surface area contributed by atoms with Crippen molar-refractivity contribution in [3.8, 4) is 11.6 Å². The molecule has 0 bridgehead atoms. The fraction of sp³-hybridized carbons (Fsp3) is 0.150. The third-order valence-corrected chi connectivity index (χ3v) is 4.41. The highest BCUT2D eigenvalue weighted by molar-refractivity contribution is 5.77. The van der Waals surface area contributed by atoms with Crippen LogP contribution in [0.5, 0.6) is 5.75 Å². The summed E-state index contributed by atoms with van der Waals surface area (Å²) >= 11 is 0. The molecule has 0 aliphatic heterocycles. The van der Waals surface area contributed by atoms with Crippen molar-refractivity contribution in [2.75, 3.05) is 19.5 Å². The highest BCUT2D eigenvalue weighted by Crippen LogP contribution is 2.21. The molecule has 0 aliphatic carbocycles. The Morgan fingerprint density at radius 3 is 2.48 bits per heavy atom. The zero-order valence-electron chi connectivity index (χ0n) is 16.9. The van der Waals surface area contributed by atoms with Gasteiger partial charge in [-0.25, -0.2) is 14.3 Å². The van der Waals surface area contributed by atoms with Gasteiger partial charge in [0.1, 0.15) is 11.6 Å². The van der Waals surface area contributed by atoms with Crippen molar-refractivity contribution in [2.45, 2.75) is 0 Å². The zero-order chi connectivity index (χ0) is 22.5. The standard InChI is InChI=1S/C13H13N5O.C7H6FNO3/c1-14-12-15-8-7-11(16-12)18-10-6-4-3-5-9(10)17(2)13(18)19;1-12-5-2-3-7(9(10)11)6(8)4-5/h3-8H,1-2H3,(H,14,15,16);2-4H,1H3. The molecule has 4 aromatic rings. The van der Waals surface area contributed by atoms with Crippen LogP contribution in [0.25, 0.3) is 16.9 Å². The number of aromatic nitrogens is 4. The molecule has 10 nitrogen and oxygen atoms in total. The van der Waals surface area contributed by atoms with Gasteiger partial charge in [0.05, 0.1) is 23.1 Å². The Balaban J connectivity index is 0.000000196. The second-order valence-corrected chi connectivity index (χ2v) is 6.23. The summed E-state index contributed by atoms with van der Waals surface area (Å²) in [6.07, 6.45) is 1.63. The number of hydrogen-bond acceptors (Lipinski definition) is 7. The van der Waals surface area contributed by atoms with E-state index in [9.17, 15) is 19.3 Å². The number of imidazole rings is 1. The monoisotopic (exact) mass is 426 g/mol. The molecule has 0 atom stereocenters. The molecule has 11 heteroatoms. The molecule has 0 aliphatic rings. The molecule has 2 heterocycles. The van der Waals surface area contributed by atoms with Gasteiger partial charge in [-0.15, -0.1) is 0 Å². The maximum Gasteiger partial charge on any atom is 0.334 e. The number of nitrogens with one attached hydrogen (secondary N) is 1. The average molecular weight is 426 g/mol. The summed E-state index contributed by atoms with van der Waals surface area (Å²) < 4.78 is 20.6. The van der Waals surface area contributed by atoms with E-state index in [1.807, 2.05) is 24.3 Å². The van der Waals surface area contributed by atoms with Gasteiger partial charge in [0.25, 0.3) is 0 Å². The van der Waals surface area contributed by atoms with Crippen molar-refractivity contribution in [1.29, 1.82) is 0 Å². The molecule has 31 heavy (non-hydrogen) atoms. The lowest BCUT2D eigenvalue weighted by Gasteiger charge is -2.03. The first-order valence-corrected chi connectivity index (χ1v) is 9.03. The van der Waals surface area contributed by atoms with E-state index in [4.69, 9.17) is 0 Å². The molecule has 0 radical (unpaired) electrons. The molecule has 160 valence electrons. The summed E-state index contributed by atoms with van der Waals surface area (Å²) in [4.78, 5) is 30.1. The molecule has 2 aromatic heterocycles. The molecule has 2 aromatic carbocycles. The van der Waals surface area contributed by atoms with Gasteiger partial charge in [0.15, 0.2) is 0 Å². The number of rotatable bonds is 4. The van der Waals surface area contributed by atoms with Crippen molar-refractivity contribution < 1.29 is 14.1 Å². The number of nitro benzene ring substituents is 1. The topological polar surface area (TPSA) is 117 Å². The lowest BCUT2D eigenvalue weighted by molar-refractivity contribution is -0.387. The van der Waals surface area contributed by atoms with Crippen LogP contribution in [0.1, 0.15) is 0 Å². The Morgan fingerprint density at radius 2 is 1.87 bits per heavy atom. The highest BCUT2D eigenvalue weighted by atomic mass is 19.1. The second-order valence-electron chi connectivity index (χ2n) is 6.23. The molecule has 1 N–H and O–H groups in total. The summed E-state index contributed by atoms with van der Waals surface area (Å²) in [5, 5.41) is 13.0. The third-order valence-electron chi connectivity index (χ3n) is 4.41. The molecule has 0 spiro atoms. The SMILES string of the molecule is CNc1nccc(-n2c(=O)n(C)c3ccccc32)n1.COc1ccc([N+](=O)[O-])c(F)c1. The molecule has 0 saturated carbocycles. The minimum Gasteiger partial charge on any atom is -0.497 e. The Kier molecular flexibility index (Phi) is 6.24. The smallest absolute Gasteiger partial charge is 0.334 e. The predicted octanol–water partition coefficient (Wildman–Crippen LogP) is 2.90. The lowest BCUT2D eigenvalue weighted by atomic mass is 10.3. The second kappa shape index (κ2) is 9.03. The Bertz CT molecular complexity index is 1300. The Labute approximate surface area is 175 Å². The van der Waals surface area contributed by atoms with Gasteiger partial charge in [-0.3, -0.25) is 14.7 Å². The number of hydrogen-bond donors (Lipinski definition) is 1. The zero-order valence-corrected chi connectivity index (χ0v) is 16.9. The number of anilines is 1. The first-order chi connectivity index (χ1) is 14.9. The van der Waals surface area contributed by atoms with E-state index in [1.54, 1.807) is 35.5 Å². The molecule has 0 unspecified atom stereocenters. The van der Waals surface area contributed by atoms with Gasteiger partial charge in [-0.05, 0) is 18.2 Å². The van der Waals surface area contributed by atoms with E-state index >= 15 is 0 Å². The maximum atomic E-state index is 12.8. The number of ether oxygens (including phenoxy) is 1. The van der Waals surface area contributed by atoms with Crippen LogP contribution >= 0.6 is 0 Å². The van der Waals surface area contributed by atoms with Crippen molar-refractivity contribution in [2.24, 2.45) is 7.05 Å². The van der Waals surface area contributed by atoms with Gasteiger partial charge >= 0.3 is 11.4 Å². The summed E-state index contributed by atoms with van der Waals surface area (Å²) in [7, 11) is 4.85. The van der Waals surface area contributed by atoms with Crippen LogP contribution in [-0.2, 0) is 7.05 Å². The number of benzene rings is 2.